The molecule has 0 aliphatic heterocycles. The molecule has 0 unspecified atom stereocenters. The number of ether oxygens (including phenoxy) is 1. The lowest BCUT2D eigenvalue weighted by atomic mass is 10.2. The Morgan fingerprint density at radius 1 is 1.48 bits per heavy atom. The zero-order valence-electron chi connectivity index (χ0n) is 11.6. The third-order valence-electron chi connectivity index (χ3n) is 2.74. The fourth-order valence-corrected chi connectivity index (χ4v) is 1.63. The molecule has 1 aromatic carbocycles. The summed E-state index contributed by atoms with van der Waals surface area (Å²) in [5.41, 5.74) is 0.339. The van der Waals surface area contributed by atoms with Crippen LogP contribution in [0.5, 0.6) is 5.75 Å². The molecule has 1 aromatic heterocycles. The minimum Gasteiger partial charge on any atom is -0.478 e. The fourth-order valence-electron chi connectivity index (χ4n) is 1.63. The van der Waals surface area contributed by atoms with Gasteiger partial charge in [-0.05, 0) is 17.7 Å². The highest BCUT2D eigenvalue weighted by Crippen LogP contribution is 2.28. The average molecular weight is 293 g/mol. The maximum atomic E-state index is 10.9. The van der Waals surface area contributed by atoms with Crippen LogP contribution in [0.1, 0.15) is 37.0 Å². The van der Waals surface area contributed by atoms with Crippen molar-refractivity contribution in [1.82, 2.24) is 10.1 Å². The number of nitrogens with zero attached hydrogens (tertiary/aromatic N) is 3. The minimum atomic E-state index is -0.549. The third kappa shape index (κ3) is 3.54. The monoisotopic (exact) mass is 293 g/mol. The Bertz CT molecular complexity index is 638. The van der Waals surface area contributed by atoms with E-state index in [-0.39, 0.29) is 30.6 Å². The Morgan fingerprint density at radius 2 is 2.24 bits per heavy atom. The predicted octanol–water partition coefficient (Wildman–Crippen LogP) is 2.17. The molecule has 8 nitrogen and oxygen atoms in total. The molecular weight excluding hydrogens is 278 g/mol. The van der Waals surface area contributed by atoms with E-state index in [1.54, 1.807) is 0 Å². The lowest BCUT2D eigenvalue weighted by Crippen LogP contribution is -2.02. The number of nitro groups is 1. The summed E-state index contributed by atoms with van der Waals surface area (Å²) in [7, 11) is 0. The van der Waals surface area contributed by atoms with E-state index in [0.717, 1.165) is 0 Å². The van der Waals surface area contributed by atoms with E-state index in [9.17, 15) is 10.1 Å². The second-order valence-corrected chi connectivity index (χ2v) is 4.71. The second-order valence-electron chi connectivity index (χ2n) is 4.71. The minimum absolute atomic E-state index is 0.0497. The number of hydrogen-bond donors (Lipinski definition) is 1. The maximum absolute atomic E-state index is 10.9. The van der Waals surface area contributed by atoms with E-state index in [0.29, 0.717) is 17.3 Å². The van der Waals surface area contributed by atoms with Crippen LogP contribution in [0.3, 0.4) is 0 Å². The summed E-state index contributed by atoms with van der Waals surface area (Å²) in [5.74, 6) is 0.940. The number of aliphatic hydroxyl groups is 1. The first-order valence-corrected chi connectivity index (χ1v) is 6.34. The van der Waals surface area contributed by atoms with Crippen molar-refractivity contribution >= 4 is 5.69 Å². The van der Waals surface area contributed by atoms with E-state index in [1.807, 2.05) is 13.8 Å². The van der Waals surface area contributed by atoms with Crippen LogP contribution in [0, 0.1) is 10.1 Å². The van der Waals surface area contributed by atoms with E-state index < -0.39 is 4.92 Å². The highest BCUT2D eigenvalue weighted by molar-refractivity contribution is 5.48. The molecule has 112 valence electrons. The second kappa shape index (κ2) is 6.31. The standard InChI is InChI=1S/C13H15N3O5/c1-8(2)13-14-12(15-21-13)7-20-11-5-9(6-17)3-4-10(11)16(18)19/h3-5,8,17H,6-7H2,1-2H3. The molecule has 0 saturated carbocycles. The van der Waals surface area contributed by atoms with E-state index in [2.05, 4.69) is 10.1 Å². The zero-order valence-corrected chi connectivity index (χ0v) is 11.6. The lowest BCUT2D eigenvalue weighted by molar-refractivity contribution is -0.386. The van der Waals surface area contributed by atoms with Gasteiger partial charge in [-0.25, -0.2) is 0 Å². The van der Waals surface area contributed by atoms with Crippen LogP contribution in [0.15, 0.2) is 22.7 Å². The highest BCUT2D eigenvalue weighted by atomic mass is 16.6. The number of benzene rings is 1. The maximum Gasteiger partial charge on any atom is 0.310 e. The lowest BCUT2D eigenvalue weighted by Gasteiger charge is -2.06. The molecule has 0 radical (unpaired) electrons. The molecule has 0 fully saturated rings. The summed E-state index contributed by atoms with van der Waals surface area (Å²) in [4.78, 5) is 14.5. The molecule has 0 amide bonds. The number of aromatic nitrogens is 2. The van der Waals surface area contributed by atoms with Crippen LogP contribution in [0.25, 0.3) is 0 Å². The molecule has 0 aliphatic carbocycles. The molecule has 21 heavy (non-hydrogen) atoms. The van der Waals surface area contributed by atoms with Gasteiger partial charge in [-0.15, -0.1) is 0 Å². The molecule has 0 spiro atoms. The molecular formula is C13H15N3O5. The first-order valence-electron chi connectivity index (χ1n) is 6.34. The Morgan fingerprint density at radius 3 is 2.81 bits per heavy atom. The Kier molecular flexibility index (Phi) is 4.49. The summed E-state index contributed by atoms with van der Waals surface area (Å²) in [6, 6.07) is 4.18. The van der Waals surface area contributed by atoms with Crippen LogP contribution >= 0.6 is 0 Å². The van der Waals surface area contributed by atoms with Crippen molar-refractivity contribution < 1.29 is 19.3 Å². The van der Waals surface area contributed by atoms with Gasteiger partial charge in [0.05, 0.1) is 11.5 Å². The summed E-state index contributed by atoms with van der Waals surface area (Å²) < 4.78 is 10.4. The van der Waals surface area contributed by atoms with Crippen LogP contribution in [0.4, 0.5) is 5.69 Å². The summed E-state index contributed by atoms with van der Waals surface area (Å²) in [6.07, 6.45) is 0. The molecule has 8 heteroatoms. The van der Waals surface area contributed by atoms with Gasteiger partial charge in [0.15, 0.2) is 12.4 Å². The van der Waals surface area contributed by atoms with Gasteiger partial charge >= 0.3 is 5.69 Å². The van der Waals surface area contributed by atoms with Gasteiger partial charge in [-0.2, -0.15) is 4.98 Å². The summed E-state index contributed by atoms with van der Waals surface area (Å²) >= 11 is 0. The summed E-state index contributed by atoms with van der Waals surface area (Å²) in [6.45, 7) is 3.54. The van der Waals surface area contributed by atoms with Gasteiger partial charge in [-0.3, -0.25) is 10.1 Å². The Balaban J connectivity index is 2.15. The zero-order chi connectivity index (χ0) is 15.4. The third-order valence-corrected chi connectivity index (χ3v) is 2.74. The predicted molar refractivity (Wildman–Crippen MR) is 71.7 cm³/mol. The van der Waals surface area contributed by atoms with Crippen LogP contribution in [0.2, 0.25) is 0 Å². The van der Waals surface area contributed by atoms with Crippen molar-refractivity contribution in [3.63, 3.8) is 0 Å². The fraction of sp³-hybridized carbons (Fsp3) is 0.385. The van der Waals surface area contributed by atoms with Gasteiger partial charge in [0.1, 0.15) is 0 Å². The quantitative estimate of drug-likeness (QED) is 0.641. The van der Waals surface area contributed by atoms with Gasteiger partial charge in [0, 0.05) is 12.0 Å². The van der Waals surface area contributed by atoms with E-state index in [4.69, 9.17) is 14.4 Å². The summed E-state index contributed by atoms with van der Waals surface area (Å²) in [5, 5.41) is 23.8. The molecule has 0 atom stereocenters. The van der Waals surface area contributed by atoms with Gasteiger partial charge in [-0.1, -0.05) is 19.0 Å². The Labute approximate surface area is 120 Å². The van der Waals surface area contributed by atoms with Gasteiger partial charge in [0.25, 0.3) is 0 Å². The molecule has 0 saturated heterocycles. The van der Waals surface area contributed by atoms with Crippen molar-refractivity contribution in [1.29, 1.82) is 0 Å². The van der Waals surface area contributed by atoms with E-state index >= 15 is 0 Å². The Hall–Kier alpha value is -2.48. The molecule has 1 heterocycles. The normalized spacial score (nSPS) is 10.9. The van der Waals surface area contributed by atoms with Crippen molar-refractivity contribution in [3.8, 4) is 5.75 Å². The largest absolute Gasteiger partial charge is 0.478 e. The smallest absolute Gasteiger partial charge is 0.310 e. The van der Waals surface area contributed by atoms with Crippen molar-refractivity contribution in [2.75, 3.05) is 0 Å². The highest BCUT2D eigenvalue weighted by Gasteiger charge is 2.17. The van der Waals surface area contributed by atoms with Gasteiger partial charge < -0.3 is 14.4 Å². The van der Waals surface area contributed by atoms with Crippen LogP contribution in [-0.4, -0.2) is 20.2 Å². The molecule has 2 aromatic rings. The first kappa shape index (κ1) is 14.9. The molecule has 0 aliphatic rings. The first-order chi connectivity index (χ1) is 10.0. The van der Waals surface area contributed by atoms with Crippen molar-refractivity contribution in [2.45, 2.75) is 33.0 Å². The number of rotatable bonds is 6. The van der Waals surface area contributed by atoms with E-state index in [1.165, 1.54) is 18.2 Å². The average Bonchev–Trinajstić information content (AvgIpc) is 2.93. The number of aliphatic hydroxyl groups excluding tert-OH is 1. The van der Waals surface area contributed by atoms with Crippen LogP contribution in [-0.2, 0) is 13.2 Å². The SMILES string of the molecule is CC(C)c1nc(COc2cc(CO)ccc2[N+](=O)[O-])no1. The molecule has 0 bridgehead atoms. The number of nitro benzene ring substituents is 1. The van der Waals surface area contributed by atoms with Gasteiger partial charge in [0.2, 0.25) is 11.7 Å². The molecule has 2 rings (SSSR count). The number of hydrogen-bond acceptors (Lipinski definition) is 7. The van der Waals surface area contributed by atoms with Crippen molar-refractivity contribution in [2.24, 2.45) is 0 Å². The van der Waals surface area contributed by atoms with Crippen molar-refractivity contribution in [3.05, 3.63) is 45.6 Å². The molecule has 1 N–H and O–H groups in total. The topological polar surface area (TPSA) is 112 Å². The van der Waals surface area contributed by atoms with Crippen LogP contribution < -0.4 is 4.74 Å².